The van der Waals surface area contributed by atoms with Crippen LogP contribution < -0.4 is 11.2 Å². The maximum atomic E-state index is 6.12. The summed E-state index contributed by atoms with van der Waals surface area (Å²) in [6, 6.07) is 29.2. The third-order valence-electron chi connectivity index (χ3n) is 9.46. The zero-order valence-corrected chi connectivity index (χ0v) is 29.8. The molecule has 0 saturated carbocycles. The summed E-state index contributed by atoms with van der Waals surface area (Å²) < 4.78 is 1.96. The number of aryl methyl sites for hydroxylation is 1. The molecule has 0 bridgehead atoms. The fourth-order valence-electron chi connectivity index (χ4n) is 6.61. The second-order valence-electron chi connectivity index (χ2n) is 12.9. The number of aromatic nitrogens is 6. The van der Waals surface area contributed by atoms with Gasteiger partial charge in [0.2, 0.25) is 0 Å². The molecule has 5 heterocycles. The lowest BCUT2D eigenvalue weighted by molar-refractivity contribution is 0.202. The monoisotopic (exact) mass is 689 g/mol. The number of hydrogen-bond donors (Lipinski definition) is 2. The number of fused-ring (bicyclic) bond motifs is 1. The van der Waals surface area contributed by atoms with E-state index in [2.05, 4.69) is 89.9 Å². The number of aliphatic imine (C=N–C) groups is 1. The molecule has 6 aromatic rings. The first-order valence-corrected chi connectivity index (χ1v) is 17.8. The summed E-state index contributed by atoms with van der Waals surface area (Å²) in [5, 5.41) is 17.5. The summed E-state index contributed by atoms with van der Waals surface area (Å²) >= 11 is 0. The van der Waals surface area contributed by atoms with Crippen molar-refractivity contribution in [1.29, 1.82) is 0 Å². The SMILES string of the molecule is C/C=C(/C=N/N=c1/c2cc(-c3ccccc3)c(-c3ccc(CN4CCC(c5nc(-c6ccccn6)n[nH]5)CC4)cc3)nc2ccn1C)C(N)=NCC. The number of piperidine rings is 1. The van der Waals surface area contributed by atoms with Crippen molar-refractivity contribution in [3.05, 3.63) is 126 Å². The van der Waals surface area contributed by atoms with Gasteiger partial charge in [-0.05, 0) is 75.2 Å². The van der Waals surface area contributed by atoms with Crippen LogP contribution in [0.15, 0.2) is 124 Å². The van der Waals surface area contributed by atoms with Crippen molar-refractivity contribution >= 4 is 23.0 Å². The normalized spacial score (nSPS) is 15.2. The molecule has 2 aromatic carbocycles. The minimum absolute atomic E-state index is 0.367. The summed E-state index contributed by atoms with van der Waals surface area (Å²) in [5.41, 5.74) is 14.5. The fraction of sp³-hybridized carbons (Fsp3) is 0.244. The maximum Gasteiger partial charge on any atom is 0.199 e. The van der Waals surface area contributed by atoms with E-state index in [-0.39, 0.29) is 0 Å². The van der Waals surface area contributed by atoms with Crippen LogP contribution in [0.25, 0.3) is 44.8 Å². The van der Waals surface area contributed by atoms with Gasteiger partial charge in [0.25, 0.3) is 0 Å². The number of amidine groups is 1. The van der Waals surface area contributed by atoms with E-state index in [0.29, 0.717) is 29.6 Å². The van der Waals surface area contributed by atoms with Crippen molar-refractivity contribution in [3.8, 4) is 33.9 Å². The van der Waals surface area contributed by atoms with Crippen LogP contribution in [-0.4, -0.2) is 66.3 Å². The number of likely N-dealkylation sites (tertiary alicyclic amines) is 1. The van der Waals surface area contributed by atoms with Crippen LogP contribution in [0.2, 0.25) is 0 Å². The van der Waals surface area contributed by atoms with E-state index >= 15 is 0 Å². The second-order valence-corrected chi connectivity index (χ2v) is 12.9. The summed E-state index contributed by atoms with van der Waals surface area (Å²) in [7, 11) is 1.96. The lowest BCUT2D eigenvalue weighted by Crippen LogP contribution is -2.32. The zero-order valence-electron chi connectivity index (χ0n) is 29.8. The minimum Gasteiger partial charge on any atom is -0.383 e. The molecule has 4 aromatic heterocycles. The fourth-order valence-corrected chi connectivity index (χ4v) is 6.61. The molecule has 0 unspecified atom stereocenters. The molecule has 0 amide bonds. The van der Waals surface area contributed by atoms with E-state index in [9.17, 15) is 0 Å². The van der Waals surface area contributed by atoms with Gasteiger partial charge in [-0.3, -0.25) is 20.0 Å². The van der Waals surface area contributed by atoms with Gasteiger partial charge in [0.15, 0.2) is 11.3 Å². The molecule has 1 aliphatic heterocycles. The Morgan fingerprint density at radius 1 is 0.962 bits per heavy atom. The standard InChI is InChI=1S/C41H43N11/c1-4-29(38(42)43-5-2)26-45-50-41-34-25-33(30-11-7-6-8-12-30)37(46-35(34)20-22-51(41)3)31-16-14-28(15-17-31)27-52-23-18-32(19-24-52)39-47-40(49-48-39)36-13-9-10-21-44-36/h4,6-17,20-22,25-26,32H,5,18-19,23-24,27H2,1-3H3,(H2,42,43)(H,47,48,49)/b29-4-,45-26+,50-41-. The third-order valence-corrected chi connectivity index (χ3v) is 9.46. The Morgan fingerprint density at radius 2 is 1.75 bits per heavy atom. The number of rotatable bonds is 10. The van der Waals surface area contributed by atoms with Gasteiger partial charge in [-0.1, -0.05) is 66.7 Å². The van der Waals surface area contributed by atoms with Crippen LogP contribution >= 0.6 is 0 Å². The number of hydrogen-bond acceptors (Lipinski definition) is 8. The quantitative estimate of drug-likeness (QED) is 0.0936. The highest BCUT2D eigenvalue weighted by molar-refractivity contribution is 6.14. The minimum atomic E-state index is 0.367. The first-order valence-electron chi connectivity index (χ1n) is 17.8. The first-order chi connectivity index (χ1) is 25.5. The molecule has 0 atom stereocenters. The molecule has 3 N–H and O–H groups in total. The number of aromatic amines is 1. The average Bonchev–Trinajstić information content (AvgIpc) is 3.69. The van der Waals surface area contributed by atoms with E-state index < -0.39 is 0 Å². The number of nitrogens with one attached hydrogen (secondary N) is 1. The van der Waals surface area contributed by atoms with Crippen LogP contribution in [0.3, 0.4) is 0 Å². The van der Waals surface area contributed by atoms with Crippen molar-refractivity contribution in [1.82, 2.24) is 34.6 Å². The van der Waals surface area contributed by atoms with E-state index in [4.69, 9.17) is 15.7 Å². The van der Waals surface area contributed by atoms with E-state index in [1.807, 2.05) is 68.1 Å². The largest absolute Gasteiger partial charge is 0.383 e. The molecule has 7 rings (SSSR count). The van der Waals surface area contributed by atoms with Gasteiger partial charge in [-0.2, -0.15) is 10.2 Å². The second kappa shape index (κ2) is 15.9. The third kappa shape index (κ3) is 7.64. The number of allylic oxidation sites excluding steroid dienone is 1. The average molecular weight is 690 g/mol. The molecule has 1 fully saturated rings. The van der Waals surface area contributed by atoms with E-state index in [1.54, 1.807) is 12.4 Å². The maximum absolute atomic E-state index is 6.12. The van der Waals surface area contributed by atoms with Crippen molar-refractivity contribution in [3.63, 3.8) is 0 Å². The Hall–Kier alpha value is -6.07. The molecule has 0 radical (unpaired) electrons. The Bertz CT molecular complexity index is 2290. The molecule has 0 aliphatic carbocycles. The zero-order chi connectivity index (χ0) is 35.9. The number of benzene rings is 2. The predicted molar refractivity (Wildman–Crippen MR) is 208 cm³/mol. The van der Waals surface area contributed by atoms with Gasteiger partial charge in [0.1, 0.15) is 17.4 Å². The van der Waals surface area contributed by atoms with Gasteiger partial charge < -0.3 is 10.3 Å². The van der Waals surface area contributed by atoms with Gasteiger partial charge in [-0.25, -0.2) is 9.97 Å². The predicted octanol–water partition coefficient (Wildman–Crippen LogP) is 6.68. The summed E-state index contributed by atoms with van der Waals surface area (Å²) in [5.74, 6) is 2.42. The smallest absolute Gasteiger partial charge is 0.199 e. The highest BCUT2D eigenvalue weighted by atomic mass is 15.2. The van der Waals surface area contributed by atoms with Crippen LogP contribution in [0.5, 0.6) is 0 Å². The molecule has 11 heteroatoms. The van der Waals surface area contributed by atoms with Gasteiger partial charge in [0, 0.05) is 60.5 Å². The molecule has 1 saturated heterocycles. The molecule has 1 aliphatic rings. The van der Waals surface area contributed by atoms with Crippen LogP contribution in [0.1, 0.15) is 44.0 Å². The van der Waals surface area contributed by atoms with Crippen LogP contribution in [0.4, 0.5) is 0 Å². The molecule has 0 spiro atoms. The van der Waals surface area contributed by atoms with Gasteiger partial charge in [0.05, 0.1) is 17.4 Å². The highest BCUT2D eigenvalue weighted by Gasteiger charge is 2.24. The summed E-state index contributed by atoms with van der Waals surface area (Å²) in [6.07, 6.45) is 9.33. The molecular weight excluding hydrogens is 647 g/mol. The lowest BCUT2D eigenvalue weighted by Gasteiger charge is -2.31. The Morgan fingerprint density at radius 3 is 2.48 bits per heavy atom. The molecule has 52 heavy (non-hydrogen) atoms. The van der Waals surface area contributed by atoms with Crippen molar-refractivity contribution < 1.29 is 0 Å². The molecule has 11 nitrogen and oxygen atoms in total. The number of H-pyrrole nitrogens is 1. The van der Waals surface area contributed by atoms with Crippen molar-refractivity contribution in [2.45, 2.75) is 39.2 Å². The van der Waals surface area contributed by atoms with Crippen LogP contribution in [-0.2, 0) is 13.6 Å². The van der Waals surface area contributed by atoms with E-state index in [1.165, 1.54) is 5.56 Å². The Kier molecular flexibility index (Phi) is 10.5. The summed E-state index contributed by atoms with van der Waals surface area (Å²) in [4.78, 5) is 21.2. The van der Waals surface area contributed by atoms with Gasteiger partial charge in [-0.15, -0.1) is 5.10 Å². The van der Waals surface area contributed by atoms with Gasteiger partial charge >= 0.3 is 0 Å². The summed E-state index contributed by atoms with van der Waals surface area (Å²) in [6.45, 7) is 7.35. The Labute approximate surface area is 303 Å². The first kappa shape index (κ1) is 34.4. The van der Waals surface area contributed by atoms with Crippen molar-refractivity contribution in [2.24, 2.45) is 28.0 Å². The van der Waals surface area contributed by atoms with E-state index in [0.717, 1.165) is 82.9 Å². The Balaban J connectivity index is 1.12. The number of nitrogens with zero attached hydrogens (tertiary/aromatic N) is 9. The number of nitrogens with two attached hydrogens (primary N) is 1. The van der Waals surface area contributed by atoms with Crippen LogP contribution in [0, 0.1) is 0 Å². The molecule has 262 valence electrons. The topological polar surface area (TPSA) is 139 Å². The molecular formula is C41H43N11. The number of pyridine rings is 3. The highest BCUT2D eigenvalue weighted by Crippen LogP contribution is 2.33. The van der Waals surface area contributed by atoms with Crippen molar-refractivity contribution in [2.75, 3.05) is 19.6 Å². The lowest BCUT2D eigenvalue weighted by atomic mass is 9.95.